The molecule has 0 aromatic carbocycles. The minimum absolute atomic E-state index is 0.000162. The molecular weight excluding hydrogens is 283 g/mol. The zero-order valence-corrected chi connectivity index (χ0v) is 12.0. The van der Waals surface area contributed by atoms with Gasteiger partial charge in [-0.25, -0.2) is 4.98 Å². The van der Waals surface area contributed by atoms with Crippen molar-refractivity contribution in [3.05, 3.63) is 11.9 Å². The van der Waals surface area contributed by atoms with Crippen molar-refractivity contribution in [2.75, 3.05) is 11.9 Å². The van der Waals surface area contributed by atoms with Crippen molar-refractivity contribution in [3.8, 4) is 5.88 Å². The van der Waals surface area contributed by atoms with Crippen LogP contribution in [0.2, 0.25) is 0 Å². The first-order valence-electron chi connectivity index (χ1n) is 7.36. The molecule has 0 bridgehead atoms. The lowest BCUT2D eigenvalue weighted by Crippen LogP contribution is -2.19. The van der Waals surface area contributed by atoms with Crippen LogP contribution in [0.15, 0.2) is 6.07 Å². The van der Waals surface area contributed by atoms with Gasteiger partial charge in [-0.2, -0.15) is 18.2 Å². The van der Waals surface area contributed by atoms with E-state index in [1.165, 1.54) is 6.07 Å². The number of aromatic nitrogens is 2. The Bertz CT molecular complexity index is 457. The summed E-state index contributed by atoms with van der Waals surface area (Å²) in [5.74, 6) is -1.02. The molecule has 0 radical (unpaired) electrons. The van der Waals surface area contributed by atoms with Gasteiger partial charge in [-0.1, -0.05) is 12.8 Å². The highest BCUT2D eigenvalue weighted by Crippen LogP contribution is 2.30. The second-order valence-electron chi connectivity index (χ2n) is 5.17. The highest BCUT2D eigenvalue weighted by atomic mass is 19.4. The Morgan fingerprint density at radius 1 is 1.19 bits per heavy atom. The molecule has 21 heavy (non-hydrogen) atoms. The van der Waals surface area contributed by atoms with E-state index in [4.69, 9.17) is 4.74 Å². The molecule has 0 spiro atoms. The number of hydrogen-bond acceptors (Lipinski definition) is 4. The lowest BCUT2D eigenvalue weighted by molar-refractivity contribution is -0.145. The number of anilines is 1. The number of rotatable bonds is 4. The van der Waals surface area contributed by atoms with Gasteiger partial charge in [0.25, 0.3) is 0 Å². The Balaban J connectivity index is 2.18. The lowest BCUT2D eigenvalue weighted by atomic mass is 10.1. The first-order chi connectivity index (χ1) is 9.99. The minimum atomic E-state index is -4.58. The van der Waals surface area contributed by atoms with Gasteiger partial charge in [-0.05, 0) is 32.6 Å². The first-order valence-corrected chi connectivity index (χ1v) is 7.36. The van der Waals surface area contributed by atoms with Crippen molar-refractivity contribution in [1.29, 1.82) is 0 Å². The summed E-state index contributed by atoms with van der Waals surface area (Å²) >= 11 is 0. The van der Waals surface area contributed by atoms with Gasteiger partial charge in [0.15, 0.2) is 0 Å². The zero-order valence-electron chi connectivity index (χ0n) is 12.0. The fourth-order valence-corrected chi connectivity index (χ4v) is 2.41. The number of hydrogen-bond donors (Lipinski definition) is 1. The molecule has 0 saturated heterocycles. The van der Waals surface area contributed by atoms with Crippen molar-refractivity contribution < 1.29 is 17.9 Å². The molecule has 0 atom stereocenters. The quantitative estimate of drug-likeness (QED) is 0.853. The first kappa shape index (κ1) is 15.9. The van der Waals surface area contributed by atoms with E-state index in [-0.39, 0.29) is 17.8 Å². The standard InChI is InChI=1S/C14H20F3N3O/c1-2-18-11-9-12(20-13(19-11)14(15,16)17)21-10-7-5-3-4-6-8-10/h9-10H,2-8H2,1H3,(H,18,19,20). The van der Waals surface area contributed by atoms with Crippen LogP contribution < -0.4 is 10.1 Å². The van der Waals surface area contributed by atoms with Crippen LogP contribution >= 0.6 is 0 Å². The molecule has 1 aliphatic rings. The molecule has 1 aromatic rings. The summed E-state index contributed by atoms with van der Waals surface area (Å²) in [6.45, 7) is 2.28. The summed E-state index contributed by atoms with van der Waals surface area (Å²) in [6, 6.07) is 1.43. The molecule has 1 N–H and O–H groups in total. The second kappa shape index (κ2) is 6.95. The van der Waals surface area contributed by atoms with E-state index >= 15 is 0 Å². The van der Waals surface area contributed by atoms with Crippen LogP contribution in [0, 0.1) is 0 Å². The van der Waals surface area contributed by atoms with E-state index in [2.05, 4.69) is 15.3 Å². The Morgan fingerprint density at radius 2 is 1.86 bits per heavy atom. The molecule has 2 rings (SSSR count). The van der Waals surface area contributed by atoms with E-state index in [0.29, 0.717) is 6.54 Å². The van der Waals surface area contributed by atoms with Gasteiger partial charge in [-0.3, -0.25) is 0 Å². The van der Waals surface area contributed by atoms with Crippen LogP contribution in [0.3, 0.4) is 0 Å². The molecule has 1 fully saturated rings. The summed E-state index contributed by atoms with van der Waals surface area (Å²) in [7, 11) is 0. The largest absolute Gasteiger partial charge is 0.474 e. The number of nitrogens with one attached hydrogen (secondary N) is 1. The highest BCUT2D eigenvalue weighted by Gasteiger charge is 2.36. The molecule has 0 aliphatic heterocycles. The molecule has 7 heteroatoms. The second-order valence-corrected chi connectivity index (χ2v) is 5.17. The molecule has 1 aromatic heterocycles. The Labute approximate surface area is 122 Å². The maximum absolute atomic E-state index is 12.8. The van der Waals surface area contributed by atoms with Gasteiger partial charge in [0.2, 0.25) is 11.7 Å². The summed E-state index contributed by atoms with van der Waals surface area (Å²) in [4.78, 5) is 6.99. The molecule has 0 unspecified atom stereocenters. The zero-order chi connectivity index (χ0) is 15.3. The van der Waals surface area contributed by atoms with Crippen LogP contribution in [0.1, 0.15) is 51.3 Å². The van der Waals surface area contributed by atoms with Crippen LogP contribution in [0.4, 0.5) is 19.0 Å². The highest BCUT2D eigenvalue weighted by molar-refractivity contribution is 5.38. The van der Waals surface area contributed by atoms with E-state index in [9.17, 15) is 13.2 Å². The maximum Gasteiger partial charge on any atom is 0.451 e. The molecule has 118 valence electrons. The molecule has 0 amide bonds. The number of halogens is 3. The Morgan fingerprint density at radius 3 is 2.43 bits per heavy atom. The average Bonchev–Trinajstić information content (AvgIpc) is 2.66. The van der Waals surface area contributed by atoms with E-state index in [0.717, 1.165) is 38.5 Å². The summed E-state index contributed by atoms with van der Waals surface area (Å²) in [6.07, 6.45) is 1.49. The fraction of sp³-hybridized carbons (Fsp3) is 0.714. The van der Waals surface area contributed by atoms with Gasteiger partial charge in [0.1, 0.15) is 11.9 Å². The van der Waals surface area contributed by atoms with Crippen LogP contribution in [-0.4, -0.2) is 22.6 Å². The fourth-order valence-electron chi connectivity index (χ4n) is 2.41. The molecule has 4 nitrogen and oxygen atoms in total. The van der Waals surface area contributed by atoms with Crippen molar-refractivity contribution >= 4 is 5.82 Å². The number of alkyl halides is 3. The molecule has 1 aliphatic carbocycles. The SMILES string of the molecule is CCNc1cc(OC2CCCCCC2)nc(C(F)(F)F)n1. The minimum Gasteiger partial charge on any atom is -0.474 e. The molecule has 1 heterocycles. The Hall–Kier alpha value is -1.53. The molecule has 1 saturated carbocycles. The predicted octanol–water partition coefficient (Wildman–Crippen LogP) is 4.03. The van der Waals surface area contributed by atoms with Gasteiger partial charge < -0.3 is 10.1 Å². The predicted molar refractivity (Wildman–Crippen MR) is 73.3 cm³/mol. The summed E-state index contributed by atoms with van der Waals surface area (Å²) in [5.41, 5.74) is 0. The number of nitrogens with zero attached hydrogens (tertiary/aromatic N) is 2. The van der Waals surface area contributed by atoms with Crippen molar-refractivity contribution in [2.24, 2.45) is 0 Å². The average molecular weight is 303 g/mol. The summed E-state index contributed by atoms with van der Waals surface area (Å²) in [5, 5.41) is 2.78. The third kappa shape index (κ3) is 4.75. The van der Waals surface area contributed by atoms with E-state index in [1.807, 2.05) is 0 Å². The van der Waals surface area contributed by atoms with Gasteiger partial charge in [0.05, 0.1) is 0 Å². The van der Waals surface area contributed by atoms with Crippen molar-refractivity contribution in [1.82, 2.24) is 9.97 Å². The van der Waals surface area contributed by atoms with Gasteiger partial charge >= 0.3 is 6.18 Å². The van der Waals surface area contributed by atoms with E-state index in [1.54, 1.807) is 6.92 Å². The smallest absolute Gasteiger partial charge is 0.451 e. The van der Waals surface area contributed by atoms with Gasteiger partial charge in [-0.15, -0.1) is 0 Å². The summed E-state index contributed by atoms with van der Waals surface area (Å²) < 4.78 is 44.1. The van der Waals surface area contributed by atoms with Crippen LogP contribution in [0.5, 0.6) is 5.88 Å². The van der Waals surface area contributed by atoms with Gasteiger partial charge in [0, 0.05) is 12.6 Å². The normalized spacial score (nSPS) is 17.3. The lowest BCUT2D eigenvalue weighted by Gasteiger charge is -2.17. The maximum atomic E-state index is 12.8. The Kier molecular flexibility index (Phi) is 5.25. The third-order valence-corrected chi connectivity index (χ3v) is 3.40. The van der Waals surface area contributed by atoms with Crippen LogP contribution in [-0.2, 0) is 6.18 Å². The monoisotopic (exact) mass is 303 g/mol. The third-order valence-electron chi connectivity index (χ3n) is 3.40. The van der Waals surface area contributed by atoms with Crippen LogP contribution in [0.25, 0.3) is 0 Å². The number of ether oxygens (including phenoxy) is 1. The van der Waals surface area contributed by atoms with Crippen molar-refractivity contribution in [3.63, 3.8) is 0 Å². The van der Waals surface area contributed by atoms with E-state index < -0.39 is 12.0 Å². The van der Waals surface area contributed by atoms with Crippen molar-refractivity contribution in [2.45, 2.75) is 57.7 Å². The molecular formula is C14H20F3N3O. The topological polar surface area (TPSA) is 47.0 Å².